The molecular formula is C15H34N2O. The molecule has 0 amide bonds. The van der Waals surface area contributed by atoms with Gasteiger partial charge in [0.05, 0.1) is 12.7 Å². The van der Waals surface area contributed by atoms with Crippen LogP contribution in [-0.2, 0) is 4.74 Å². The zero-order valence-corrected chi connectivity index (χ0v) is 13.4. The zero-order valence-electron chi connectivity index (χ0n) is 13.4. The first kappa shape index (κ1) is 17.9. The van der Waals surface area contributed by atoms with E-state index in [0.717, 1.165) is 38.7 Å². The van der Waals surface area contributed by atoms with Crippen molar-refractivity contribution in [3.63, 3.8) is 0 Å². The fourth-order valence-corrected chi connectivity index (χ4v) is 2.02. The highest BCUT2D eigenvalue weighted by Crippen LogP contribution is 2.05. The second kappa shape index (κ2) is 10.8. The monoisotopic (exact) mass is 258 g/mol. The van der Waals surface area contributed by atoms with Gasteiger partial charge in [-0.05, 0) is 20.0 Å². The molecule has 0 radical (unpaired) electrons. The molecule has 1 atom stereocenters. The Morgan fingerprint density at radius 2 is 1.89 bits per heavy atom. The second-order valence-electron chi connectivity index (χ2n) is 5.87. The third-order valence-electron chi connectivity index (χ3n) is 3.03. The molecule has 1 heterocycles. The topological polar surface area (TPSA) is 15.7 Å². The van der Waals surface area contributed by atoms with E-state index in [-0.39, 0.29) is 0 Å². The fraction of sp³-hybridized carbons (Fsp3) is 1.00. The molecule has 0 unspecified atom stereocenters. The standard InChI is InChI=1S/C11H24N2O.C4H10/c1-10(2)7-13(4)9-11-8-12(3)5-6-14-11;1-3-4-2/h10-11H,5-9H2,1-4H3;3-4H2,1-2H3/t11-;/m0./s1. The summed E-state index contributed by atoms with van der Waals surface area (Å²) in [7, 11) is 4.34. The van der Waals surface area contributed by atoms with E-state index in [1.54, 1.807) is 0 Å². The first-order valence-electron chi connectivity index (χ1n) is 7.48. The van der Waals surface area contributed by atoms with Gasteiger partial charge in [0, 0.05) is 26.2 Å². The number of rotatable bonds is 5. The maximum absolute atomic E-state index is 5.72. The summed E-state index contributed by atoms with van der Waals surface area (Å²) in [6, 6.07) is 0. The van der Waals surface area contributed by atoms with E-state index in [4.69, 9.17) is 4.74 Å². The first-order valence-corrected chi connectivity index (χ1v) is 7.48. The van der Waals surface area contributed by atoms with Gasteiger partial charge in [-0.25, -0.2) is 0 Å². The van der Waals surface area contributed by atoms with Crippen molar-refractivity contribution < 1.29 is 4.74 Å². The van der Waals surface area contributed by atoms with Crippen molar-refractivity contribution in [2.24, 2.45) is 5.92 Å². The molecule has 0 aromatic rings. The maximum atomic E-state index is 5.72. The summed E-state index contributed by atoms with van der Waals surface area (Å²) in [6.07, 6.45) is 3.04. The lowest BCUT2D eigenvalue weighted by Gasteiger charge is -2.33. The van der Waals surface area contributed by atoms with Crippen LogP contribution in [0.1, 0.15) is 40.5 Å². The summed E-state index contributed by atoms with van der Waals surface area (Å²) in [5.41, 5.74) is 0. The van der Waals surface area contributed by atoms with Gasteiger partial charge in [0.1, 0.15) is 0 Å². The van der Waals surface area contributed by atoms with Crippen LogP contribution in [0.5, 0.6) is 0 Å². The highest BCUT2D eigenvalue weighted by atomic mass is 16.5. The average Bonchev–Trinajstić information content (AvgIpc) is 2.28. The molecule has 1 aliphatic rings. The van der Waals surface area contributed by atoms with Crippen molar-refractivity contribution in [1.82, 2.24) is 9.80 Å². The van der Waals surface area contributed by atoms with E-state index >= 15 is 0 Å². The largest absolute Gasteiger partial charge is 0.374 e. The van der Waals surface area contributed by atoms with Crippen LogP contribution < -0.4 is 0 Å². The van der Waals surface area contributed by atoms with Crippen molar-refractivity contribution >= 4 is 0 Å². The molecule has 110 valence electrons. The molecule has 3 nitrogen and oxygen atoms in total. The Morgan fingerprint density at radius 1 is 1.28 bits per heavy atom. The number of likely N-dealkylation sites (N-methyl/N-ethyl adjacent to an activating group) is 2. The van der Waals surface area contributed by atoms with Crippen molar-refractivity contribution in [2.75, 3.05) is 46.9 Å². The molecule has 0 spiro atoms. The summed E-state index contributed by atoms with van der Waals surface area (Å²) >= 11 is 0. The Morgan fingerprint density at radius 3 is 2.33 bits per heavy atom. The number of unbranched alkanes of at least 4 members (excludes halogenated alkanes) is 1. The van der Waals surface area contributed by atoms with E-state index in [2.05, 4.69) is 51.6 Å². The molecule has 1 saturated heterocycles. The normalized spacial score (nSPS) is 21.0. The van der Waals surface area contributed by atoms with Gasteiger partial charge in [0.2, 0.25) is 0 Å². The van der Waals surface area contributed by atoms with E-state index in [0.29, 0.717) is 6.10 Å². The highest BCUT2D eigenvalue weighted by molar-refractivity contribution is 4.72. The maximum Gasteiger partial charge on any atom is 0.0829 e. The minimum atomic E-state index is 0.400. The summed E-state index contributed by atoms with van der Waals surface area (Å²) in [5, 5.41) is 0. The predicted octanol–water partition coefficient (Wildman–Crippen LogP) is 2.71. The van der Waals surface area contributed by atoms with Crippen LogP contribution >= 0.6 is 0 Å². The van der Waals surface area contributed by atoms with Crippen LogP contribution in [0.4, 0.5) is 0 Å². The van der Waals surface area contributed by atoms with Gasteiger partial charge in [0.15, 0.2) is 0 Å². The second-order valence-corrected chi connectivity index (χ2v) is 5.87. The van der Waals surface area contributed by atoms with E-state index in [1.165, 1.54) is 12.8 Å². The minimum Gasteiger partial charge on any atom is -0.374 e. The van der Waals surface area contributed by atoms with Crippen LogP contribution in [0.25, 0.3) is 0 Å². The summed E-state index contributed by atoms with van der Waals surface area (Å²) in [4.78, 5) is 4.71. The van der Waals surface area contributed by atoms with Gasteiger partial charge in [-0.1, -0.05) is 40.5 Å². The molecule has 1 aliphatic heterocycles. The van der Waals surface area contributed by atoms with Gasteiger partial charge in [-0.2, -0.15) is 0 Å². The van der Waals surface area contributed by atoms with Crippen LogP contribution in [0.2, 0.25) is 0 Å². The summed E-state index contributed by atoms with van der Waals surface area (Å²) in [5.74, 6) is 0.737. The highest BCUT2D eigenvalue weighted by Gasteiger charge is 2.19. The van der Waals surface area contributed by atoms with Gasteiger partial charge in [-0.3, -0.25) is 0 Å². The van der Waals surface area contributed by atoms with Crippen molar-refractivity contribution in [3.05, 3.63) is 0 Å². The number of hydrogen-bond acceptors (Lipinski definition) is 3. The average molecular weight is 258 g/mol. The summed E-state index contributed by atoms with van der Waals surface area (Å²) in [6.45, 7) is 14.1. The Bertz CT molecular complexity index is 183. The lowest BCUT2D eigenvalue weighted by molar-refractivity contribution is -0.0334. The number of nitrogens with zero attached hydrogens (tertiary/aromatic N) is 2. The number of ether oxygens (including phenoxy) is 1. The Labute approximate surface area is 114 Å². The molecule has 0 N–H and O–H groups in total. The predicted molar refractivity (Wildman–Crippen MR) is 80.2 cm³/mol. The van der Waals surface area contributed by atoms with Gasteiger partial charge in [0.25, 0.3) is 0 Å². The molecule has 0 saturated carbocycles. The number of hydrogen-bond donors (Lipinski definition) is 0. The third-order valence-corrected chi connectivity index (χ3v) is 3.03. The van der Waals surface area contributed by atoms with E-state index in [9.17, 15) is 0 Å². The van der Waals surface area contributed by atoms with Gasteiger partial charge in [-0.15, -0.1) is 0 Å². The molecule has 0 aromatic carbocycles. The van der Waals surface area contributed by atoms with E-state index < -0.39 is 0 Å². The molecule has 1 fully saturated rings. The fourth-order valence-electron chi connectivity index (χ4n) is 2.02. The SMILES string of the molecule is CC(C)CN(C)C[C@@H]1CN(C)CCO1.CCCC. The Hall–Kier alpha value is -0.120. The quantitative estimate of drug-likeness (QED) is 0.754. The van der Waals surface area contributed by atoms with Gasteiger partial charge < -0.3 is 14.5 Å². The number of morpholine rings is 1. The molecule has 0 aliphatic carbocycles. The summed E-state index contributed by atoms with van der Waals surface area (Å²) < 4.78 is 5.72. The Kier molecular flexibility index (Phi) is 10.7. The van der Waals surface area contributed by atoms with Crippen molar-refractivity contribution in [3.8, 4) is 0 Å². The lowest BCUT2D eigenvalue weighted by atomic mass is 10.2. The van der Waals surface area contributed by atoms with Crippen LogP contribution in [0, 0.1) is 5.92 Å². The molecule has 18 heavy (non-hydrogen) atoms. The first-order chi connectivity index (χ1) is 8.49. The molecule has 0 bridgehead atoms. The van der Waals surface area contributed by atoms with Crippen LogP contribution in [-0.4, -0.2) is 62.8 Å². The van der Waals surface area contributed by atoms with E-state index in [1.807, 2.05) is 0 Å². The van der Waals surface area contributed by atoms with Crippen LogP contribution in [0.3, 0.4) is 0 Å². The van der Waals surface area contributed by atoms with Crippen molar-refractivity contribution in [1.29, 1.82) is 0 Å². The lowest BCUT2D eigenvalue weighted by Crippen LogP contribution is -2.45. The Balaban J connectivity index is 0.000000631. The molecule has 3 heteroatoms. The molecular weight excluding hydrogens is 224 g/mol. The third kappa shape index (κ3) is 9.86. The van der Waals surface area contributed by atoms with Crippen LogP contribution in [0.15, 0.2) is 0 Å². The van der Waals surface area contributed by atoms with Crippen molar-refractivity contribution in [2.45, 2.75) is 46.6 Å². The minimum absolute atomic E-state index is 0.400. The molecule has 1 rings (SSSR count). The van der Waals surface area contributed by atoms with Gasteiger partial charge >= 0.3 is 0 Å². The molecule has 0 aromatic heterocycles. The smallest absolute Gasteiger partial charge is 0.0829 e. The zero-order chi connectivity index (χ0) is 14.0.